The highest BCUT2D eigenvalue weighted by Gasteiger charge is 2.35. The van der Waals surface area contributed by atoms with E-state index in [9.17, 15) is 19.1 Å². The molecule has 1 aromatic heterocycles. The molecule has 0 radical (unpaired) electrons. The summed E-state index contributed by atoms with van der Waals surface area (Å²) in [6, 6.07) is 7.46. The molecule has 0 aliphatic carbocycles. The molecule has 4 nitrogen and oxygen atoms in total. The molecule has 1 saturated heterocycles. The Hall–Kier alpha value is -2.05. The first kappa shape index (κ1) is 16.8. The summed E-state index contributed by atoms with van der Waals surface area (Å²) < 4.78 is 13.0. The van der Waals surface area contributed by atoms with Crippen molar-refractivity contribution in [2.24, 2.45) is 0 Å². The summed E-state index contributed by atoms with van der Waals surface area (Å²) in [4.78, 5) is 26.1. The van der Waals surface area contributed by atoms with Gasteiger partial charge in [-0.25, -0.2) is 4.39 Å². The highest BCUT2D eigenvalue weighted by molar-refractivity contribution is 7.12. The van der Waals surface area contributed by atoms with Gasteiger partial charge >= 0.3 is 0 Å². The third-order valence-electron chi connectivity index (χ3n) is 4.45. The van der Waals surface area contributed by atoms with E-state index in [1.807, 2.05) is 0 Å². The number of benzene rings is 1. The summed E-state index contributed by atoms with van der Waals surface area (Å²) in [5.41, 5.74) is 0.145. The monoisotopic (exact) mass is 347 g/mol. The van der Waals surface area contributed by atoms with E-state index in [1.165, 1.54) is 30.4 Å². The SMILES string of the molecule is CC(=O)c1cc(C(=O)N2CCC(O)(c3ccc(F)cc3)CC2)cs1. The van der Waals surface area contributed by atoms with Crippen LogP contribution in [0.3, 0.4) is 0 Å². The maximum atomic E-state index is 13.0. The topological polar surface area (TPSA) is 57.6 Å². The first-order chi connectivity index (χ1) is 11.4. The van der Waals surface area contributed by atoms with Gasteiger partial charge in [-0.1, -0.05) is 12.1 Å². The molecule has 1 fully saturated rings. The standard InChI is InChI=1S/C18H18FNO3S/c1-12(21)16-10-13(11-24-16)17(22)20-8-6-18(23,7-9-20)14-2-4-15(19)5-3-14/h2-5,10-11,23H,6-9H2,1H3. The number of halogens is 1. The van der Waals surface area contributed by atoms with Gasteiger partial charge in [0.1, 0.15) is 5.82 Å². The minimum atomic E-state index is -1.04. The second kappa shape index (κ2) is 6.45. The molecular formula is C18H18FNO3S. The first-order valence-electron chi connectivity index (χ1n) is 7.76. The molecule has 0 unspecified atom stereocenters. The third kappa shape index (κ3) is 3.25. The van der Waals surface area contributed by atoms with E-state index in [-0.39, 0.29) is 17.5 Å². The Kier molecular flexibility index (Phi) is 4.51. The molecule has 2 aromatic rings. The largest absolute Gasteiger partial charge is 0.385 e. The number of Topliss-reactive ketones (excluding diaryl/α,β-unsaturated/α-hetero) is 1. The van der Waals surface area contributed by atoms with Crippen molar-refractivity contribution in [2.45, 2.75) is 25.4 Å². The molecular weight excluding hydrogens is 329 g/mol. The number of likely N-dealkylation sites (tertiary alicyclic amines) is 1. The van der Waals surface area contributed by atoms with Crippen molar-refractivity contribution in [2.75, 3.05) is 13.1 Å². The van der Waals surface area contributed by atoms with E-state index in [0.29, 0.717) is 41.9 Å². The Bertz CT molecular complexity index is 761. The number of aliphatic hydroxyl groups is 1. The Morgan fingerprint density at radius 3 is 2.38 bits per heavy atom. The van der Waals surface area contributed by atoms with Gasteiger partial charge in [0.05, 0.1) is 16.0 Å². The van der Waals surface area contributed by atoms with Crippen LogP contribution in [-0.2, 0) is 5.60 Å². The predicted octanol–water partition coefficient (Wildman–Crippen LogP) is 3.21. The van der Waals surface area contributed by atoms with Crippen LogP contribution in [0.5, 0.6) is 0 Å². The van der Waals surface area contributed by atoms with E-state index in [1.54, 1.807) is 28.5 Å². The molecule has 24 heavy (non-hydrogen) atoms. The minimum absolute atomic E-state index is 0.0524. The second-order valence-electron chi connectivity index (χ2n) is 6.09. The molecule has 0 spiro atoms. The maximum absolute atomic E-state index is 13.0. The van der Waals surface area contributed by atoms with Crippen molar-refractivity contribution in [3.8, 4) is 0 Å². The Morgan fingerprint density at radius 1 is 1.21 bits per heavy atom. The van der Waals surface area contributed by atoms with Crippen LogP contribution >= 0.6 is 11.3 Å². The van der Waals surface area contributed by atoms with Gasteiger partial charge < -0.3 is 10.0 Å². The summed E-state index contributed by atoms with van der Waals surface area (Å²) in [5, 5.41) is 12.5. The lowest BCUT2D eigenvalue weighted by atomic mass is 9.84. The number of amides is 1. The quantitative estimate of drug-likeness (QED) is 0.868. The lowest BCUT2D eigenvalue weighted by Gasteiger charge is -2.38. The van der Waals surface area contributed by atoms with Crippen LogP contribution in [0.15, 0.2) is 35.7 Å². The smallest absolute Gasteiger partial charge is 0.254 e. The zero-order valence-corrected chi connectivity index (χ0v) is 14.1. The van der Waals surface area contributed by atoms with E-state index in [2.05, 4.69) is 0 Å². The number of carbonyl (C=O) groups is 2. The Balaban J connectivity index is 1.68. The summed E-state index contributed by atoms with van der Waals surface area (Å²) in [7, 11) is 0. The highest BCUT2D eigenvalue weighted by Crippen LogP contribution is 2.33. The number of nitrogens with zero attached hydrogens (tertiary/aromatic N) is 1. The predicted molar refractivity (Wildman–Crippen MR) is 89.8 cm³/mol. The van der Waals surface area contributed by atoms with Crippen LogP contribution in [-0.4, -0.2) is 34.8 Å². The molecule has 1 aromatic carbocycles. The first-order valence-corrected chi connectivity index (χ1v) is 8.64. The van der Waals surface area contributed by atoms with Crippen LogP contribution in [0, 0.1) is 5.82 Å². The second-order valence-corrected chi connectivity index (χ2v) is 7.00. The molecule has 2 heterocycles. The molecule has 1 aliphatic heterocycles. The van der Waals surface area contributed by atoms with Crippen molar-refractivity contribution >= 4 is 23.0 Å². The summed E-state index contributed by atoms with van der Waals surface area (Å²) in [6.07, 6.45) is 0.794. The van der Waals surface area contributed by atoms with E-state index in [4.69, 9.17) is 0 Å². The van der Waals surface area contributed by atoms with Crippen molar-refractivity contribution in [3.05, 3.63) is 57.5 Å². The van der Waals surface area contributed by atoms with Crippen LogP contribution in [0.1, 0.15) is 45.4 Å². The van der Waals surface area contributed by atoms with Crippen molar-refractivity contribution in [1.29, 1.82) is 0 Å². The van der Waals surface area contributed by atoms with Gasteiger partial charge in [-0.3, -0.25) is 9.59 Å². The van der Waals surface area contributed by atoms with Gasteiger partial charge in [-0.2, -0.15) is 0 Å². The van der Waals surface area contributed by atoms with E-state index >= 15 is 0 Å². The number of thiophene rings is 1. The molecule has 1 N–H and O–H groups in total. The number of hydrogen-bond acceptors (Lipinski definition) is 4. The molecule has 1 aliphatic rings. The Labute approximate surface area is 143 Å². The van der Waals surface area contributed by atoms with Gasteiger partial charge in [0, 0.05) is 18.5 Å². The third-order valence-corrected chi connectivity index (χ3v) is 5.48. The lowest BCUT2D eigenvalue weighted by molar-refractivity contribution is -0.0211. The minimum Gasteiger partial charge on any atom is -0.385 e. The molecule has 0 saturated carbocycles. The number of ketones is 1. The summed E-state index contributed by atoms with van der Waals surface area (Å²) in [5.74, 6) is -0.517. The number of piperidine rings is 1. The average Bonchev–Trinajstić information content (AvgIpc) is 3.06. The normalized spacial score (nSPS) is 16.9. The number of rotatable bonds is 3. The molecule has 3 rings (SSSR count). The van der Waals surface area contributed by atoms with Crippen LogP contribution in [0.2, 0.25) is 0 Å². The maximum Gasteiger partial charge on any atom is 0.254 e. The zero-order valence-electron chi connectivity index (χ0n) is 13.3. The van der Waals surface area contributed by atoms with Crippen molar-refractivity contribution in [1.82, 2.24) is 4.90 Å². The fraction of sp³-hybridized carbons (Fsp3) is 0.333. The van der Waals surface area contributed by atoms with Gasteiger partial charge in [-0.15, -0.1) is 11.3 Å². The van der Waals surface area contributed by atoms with Crippen LogP contribution in [0.25, 0.3) is 0 Å². The fourth-order valence-corrected chi connectivity index (χ4v) is 3.73. The van der Waals surface area contributed by atoms with Gasteiger partial charge in [0.2, 0.25) is 0 Å². The van der Waals surface area contributed by atoms with Crippen molar-refractivity contribution < 1.29 is 19.1 Å². The van der Waals surface area contributed by atoms with E-state index < -0.39 is 5.60 Å². The zero-order chi connectivity index (χ0) is 17.3. The summed E-state index contributed by atoms with van der Waals surface area (Å²) in [6.45, 7) is 2.31. The molecule has 0 atom stereocenters. The van der Waals surface area contributed by atoms with Crippen LogP contribution < -0.4 is 0 Å². The van der Waals surface area contributed by atoms with E-state index in [0.717, 1.165) is 0 Å². The van der Waals surface area contributed by atoms with Gasteiger partial charge in [-0.05, 0) is 43.5 Å². The fourth-order valence-electron chi connectivity index (χ4n) is 2.94. The highest BCUT2D eigenvalue weighted by atomic mass is 32.1. The Morgan fingerprint density at radius 2 is 1.83 bits per heavy atom. The molecule has 6 heteroatoms. The van der Waals surface area contributed by atoms with Crippen LogP contribution in [0.4, 0.5) is 4.39 Å². The van der Waals surface area contributed by atoms with Gasteiger partial charge in [0.25, 0.3) is 5.91 Å². The molecule has 1 amide bonds. The molecule has 126 valence electrons. The average molecular weight is 347 g/mol. The lowest BCUT2D eigenvalue weighted by Crippen LogP contribution is -2.45. The number of carbonyl (C=O) groups excluding carboxylic acids is 2. The van der Waals surface area contributed by atoms with Gasteiger partial charge in [0.15, 0.2) is 5.78 Å². The van der Waals surface area contributed by atoms with Crippen molar-refractivity contribution in [3.63, 3.8) is 0 Å². The molecule has 0 bridgehead atoms. The number of hydrogen-bond donors (Lipinski definition) is 1. The summed E-state index contributed by atoms with van der Waals surface area (Å²) >= 11 is 1.27.